The molecule has 2 heterocycles. The second-order valence-electron chi connectivity index (χ2n) is 6.27. The number of aryl methyl sites for hydroxylation is 1. The van der Waals surface area contributed by atoms with Crippen LogP contribution in [0.25, 0.3) is 0 Å². The first-order chi connectivity index (χ1) is 10.5. The van der Waals surface area contributed by atoms with Crippen molar-refractivity contribution in [3.63, 3.8) is 0 Å². The fourth-order valence-electron chi connectivity index (χ4n) is 3.48. The summed E-state index contributed by atoms with van der Waals surface area (Å²) in [5.41, 5.74) is 1.27. The molecule has 1 saturated carbocycles. The van der Waals surface area contributed by atoms with E-state index in [4.69, 9.17) is 0 Å². The van der Waals surface area contributed by atoms with Gasteiger partial charge in [0.05, 0.1) is 24.3 Å². The van der Waals surface area contributed by atoms with Crippen molar-refractivity contribution in [2.75, 3.05) is 12.3 Å². The average molecular weight is 325 g/mol. The third kappa shape index (κ3) is 2.96. The Morgan fingerprint density at radius 1 is 1.32 bits per heavy atom. The van der Waals surface area contributed by atoms with Crippen molar-refractivity contribution in [1.29, 1.82) is 0 Å². The van der Waals surface area contributed by atoms with Gasteiger partial charge in [-0.15, -0.1) is 0 Å². The van der Waals surface area contributed by atoms with E-state index in [1.807, 2.05) is 6.92 Å². The van der Waals surface area contributed by atoms with Gasteiger partial charge < -0.3 is 0 Å². The summed E-state index contributed by atoms with van der Waals surface area (Å²) in [4.78, 5) is 16.5. The predicted octanol–water partition coefficient (Wildman–Crippen LogP) is 1.14. The molecule has 7 heteroatoms. The van der Waals surface area contributed by atoms with E-state index in [0.29, 0.717) is 36.7 Å². The van der Waals surface area contributed by atoms with Gasteiger partial charge in [0.25, 0.3) is 5.56 Å². The van der Waals surface area contributed by atoms with E-state index in [1.165, 1.54) is 10.6 Å². The van der Waals surface area contributed by atoms with Crippen molar-refractivity contribution in [2.45, 2.75) is 52.1 Å². The van der Waals surface area contributed by atoms with Gasteiger partial charge in [-0.2, -0.15) is 4.31 Å². The number of fused-ring (bicyclic) bond motifs is 1. The highest BCUT2D eigenvalue weighted by Gasteiger charge is 2.31. The van der Waals surface area contributed by atoms with Crippen molar-refractivity contribution >= 4 is 10.0 Å². The molecule has 0 saturated heterocycles. The number of hydrogen-bond donors (Lipinski definition) is 0. The Morgan fingerprint density at radius 2 is 2.05 bits per heavy atom. The van der Waals surface area contributed by atoms with Gasteiger partial charge in [0.2, 0.25) is 10.0 Å². The summed E-state index contributed by atoms with van der Waals surface area (Å²) in [5.74, 6) is 0.543. The number of aromatic nitrogens is 2. The second-order valence-corrected chi connectivity index (χ2v) is 8.29. The molecule has 0 bridgehead atoms. The smallest absolute Gasteiger partial charge is 0.256 e. The fraction of sp³-hybridized carbons (Fsp3) is 0.733. The molecule has 0 spiro atoms. The van der Waals surface area contributed by atoms with Gasteiger partial charge in [-0.1, -0.05) is 12.8 Å². The Kier molecular flexibility index (Phi) is 4.36. The van der Waals surface area contributed by atoms with Crippen LogP contribution in [0.5, 0.6) is 0 Å². The summed E-state index contributed by atoms with van der Waals surface area (Å²) in [6, 6.07) is 0. The van der Waals surface area contributed by atoms with Gasteiger partial charge in [-0.25, -0.2) is 13.4 Å². The molecule has 1 aromatic heterocycles. The highest BCUT2D eigenvalue weighted by molar-refractivity contribution is 7.89. The first kappa shape index (κ1) is 15.7. The Labute approximate surface area is 131 Å². The number of hydrogen-bond acceptors (Lipinski definition) is 4. The highest BCUT2D eigenvalue weighted by atomic mass is 32.2. The molecule has 2 aliphatic rings. The van der Waals surface area contributed by atoms with Crippen molar-refractivity contribution in [2.24, 2.45) is 5.92 Å². The lowest BCUT2D eigenvalue weighted by Gasteiger charge is -2.28. The molecule has 0 N–H and O–H groups in total. The maximum atomic E-state index is 12.6. The van der Waals surface area contributed by atoms with Crippen LogP contribution in [0.4, 0.5) is 0 Å². The number of rotatable bonds is 4. The molecule has 1 aromatic rings. The molecule has 3 rings (SSSR count). The zero-order chi connectivity index (χ0) is 15.7. The molecule has 122 valence electrons. The summed E-state index contributed by atoms with van der Waals surface area (Å²) in [6.45, 7) is 3.12. The molecule has 1 aliphatic carbocycles. The Balaban J connectivity index is 1.79. The fourth-order valence-corrected chi connectivity index (χ4v) is 5.31. The van der Waals surface area contributed by atoms with Gasteiger partial charge in [-0.3, -0.25) is 9.36 Å². The van der Waals surface area contributed by atoms with Crippen LogP contribution in [-0.4, -0.2) is 34.6 Å². The van der Waals surface area contributed by atoms with E-state index < -0.39 is 10.0 Å². The lowest BCUT2D eigenvalue weighted by molar-refractivity contribution is 0.376. The van der Waals surface area contributed by atoms with E-state index in [9.17, 15) is 13.2 Å². The molecule has 6 nitrogen and oxygen atoms in total. The Hall–Kier alpha value is -1.21. The quantitative estimate of drug-likeness (QED) is 0.832. The van der Waals surface area contributed by atoms with Crippen LogP contribution >= 0.6 is 0 Å². The van der Waals surface area contributed by atoms with Crippen molar-refractivity contribution in [3.8, 4) is 0 Å². The van der Waals surface area contributed by atoms with Crippen LogP contribution in [0.1, 0.15) is 43.9 Å². The molecule has 1 aliphatic heterocycles. The standard InChI is InChI=1S/C15H23N3O3S/c1-2-17-11-16-14-9-18(8-7-13(14)15(17)19)22(20,21)10-12-5-3-4-6-12/h11-12H,2-10H2,1H3. The third-order valence-electron chi connectivity index (χ3n) is 4.81. The summed E-state index contributed by atoms with van der Waals surface area (Å²) in [7, 11) is -3.25. The molecule has 0 atom stereocenters. The summed E-state index contributed by atoms with van der Waals surface area (Å²) in [6.07, 6.45) is 6.30. The van der Waals surface area contributed by atoms with E-state index in [1.54, 1.807) is 4.57 Å². The topological polar surface area (TPSA) is 72.3 Å². The normalized spacial score (nSPS) is 20.2. The molecular weight excluding hydrogens is 302 g/mol. The molecule has 1 fully saturated rings. The van der Waals surface area contributed by atoms with Crippen LogP contribution in [0.2, 0.25) is 0 Å². The first-order valence-corrected chi connectivity index (χ1v) is 9.67. The zero-order valence-corrected chi connectivity index (χ0v) is 13.8. The molecule has 0 aromatic carbocycles. The van der Waals surface area contributed by atoms with Gasteiger partial charge in [0.1, 0.15) is 0 Å². The third-order valence-corrected chi connectivity index (χ3v) is 6.80. The molecule has 0 unspecified atom stereocenters. The molecular formula is C15H23N3O3S. The van der Waals surface area contributed by atoms with E-state index in [0.717, 1.165) is 25.7 Å². The van der Waals surface area contributed by atoms with Crippen LogP contribution in [0.3, 0.4) is 0 Å². The lowest BCUT2D eigenvalue weighted by atomic mass is 10.1. The van der Waals surface area contributed by atoms with Gasteiger partial charge in [-0.05, 0) is 32.1 Å². The van der Waals surface area contributed by atoms with E-state index in [2.05, 4.69) is 4.98 Å². The maximum absolute atomic E-state index is 12.6. The molecule has 0 amide bonds. The van der Waals surface area contributed by atoms with Crippen molar-refractivity contribution in [1.82, 2.24) is 13.9 Å². The lowest BCUT2D eigenvalue weighted by Crippen LogP contribution is -2.42. The van der Waals surface area contributed by atoms with Crippen LogP contribution < -0.4 is 5.56 Å². The van der Waals surface area contributed by atoms with Crippen LogP contribution in [-0.2, 0) is 29.5 Å². The van der Waals surface area contributed by atoms with Gasteiger partial charge in [0, 0.05) is 18.7 Å². The summed E-state index contributed by atoms with van der Waals surface area (Å²) < 4.78 is 28.2. The van der Waals surface area contributed by atoms with E-state index in [-0.39, 0.29) is 17.9 Å². The minimum absolute atomic E-state index is 0.0275. The maximum Gasteiger partial charge on any atom is 0.256 e. The summed E-state index contributed by atoms with van der Waals surface area (Å²) in [5, 5.41) is 0. The monoisotopic (exact) mass is 325 g/mol. The van der Waals surface area contributed by atoms with Gasteiger partial charge in [0.15, 0.2) is 0 Å². The Bertz CT molecular complexity index is 705. The zero-order valence-electron chi connectivity index (χ0n) is 13.0. The summed E-state index contributed by atoms with van der Waals surface area (Å²) >= 11 is 0. The first-order valence-electron chi connectivity index (χ1n) is 8.06. The largest absolute Gasteiger partial charge is 0.299 e. The second kappa shape index (κ2) is 6.12. The number of sulfonamides is 1. The van der Waals surface area contributed by atoms with Crippen LogP contribution in [0, 0.1) is 5.92 Å². The molecule has 22 heavy (non-hydrogen) atoms. The number of nitrogens with zero attached hydrogens (tertiary/aromatic N) is 3. The minimum atomic E-state index is -3.25. The van der Waals surface area contributed by atoms with Crippen molar-refractivity contribution in [3.05, 3.63) is 27.9 Å². The van der Waals surface area contributed by atoms with Crippen LogP contribution in [0.15, 0.2) is 11.1 Å². The highest BCUT2D eigenvalue weighted by Crippen LogP contribution is 2.28. The minimum Gasteiger partial charge on any atom is -0.299 e. The predicted molar refractivity (Wildman–Crippen MR) is 84.0 cm³/mol. The average Bonchev–Trinajstić information content (AvgIpc) is 2.99. The Morgan fingerprint density at radius 3 is 2.73 bits per heavy atom. The van der Waals surface area contributed by atoms with Crippen molar-refractivity contribution < 1.29 is 8.42 Å². The SMILES string of the molecule is CCn1cnc2c(c1=O)CCN(S(=O)(=O)CC1CCCC1)C2. The van der Waals surface area contributed by atoms with Gasteiger partial charge >= 0.3 is 0 Å². The van der Waals surface area contributed by atoms with E-state index >= 15 is 0 Å². The molecule has 0 radical (unpaired) electrons.